The van der Waals surface area contributed by atoms with Gasteiger partial charge in [0.15, 0.2) is 0 Å². The number of hydrogen-bond donors (Lipinski definition) is 5. The number of allylic oxidation sites excluding steroid dienone is 2. The van der Waals surface area contributed by atoms with Gasteiger partial charge in [-0.05, 0) is 91.2 Å². The van der Waals surface area contributed by atoms with Gasteiger partial charge in [0.1, 0.15) is 17.3 Å². The Kier molecular flexibility index (Phi) is 9.39. The van der Waals surface area contributed by atoms with Crippen molar-refractivity contribution >= 4 is 34.6 Å². The first-order valence-corrected chi connectivity index (χ1v) is 15.4. The van der Waals surface area contributed by atoms with Gasteiger partial charge in [0.25, 0.3) is 0 Å². The number of aliphatic carboxylic acids is 2. The molecule has 0 fully saturated rings. The molecule has 9 heteroatoms. The van der Waals surface area contributed by atoms with Crippen LogP contribution < -0.4 is 20.9 Å². The molecule has 2 aliphatic heterocycles. The number of para-hydroxylation sites is 2. The molecule has 9 nitrogen and oxygen atoms in total. The van der Waals surface area contributed by atoms with E-state index in [0.29, 0.717) is 23.9 Å². The second kappa shape index (κ2) is 14.3. The third-order valence-electron chi connectivity index (χ3n) is 7.94. The molecule has 1 aromatic heterocycles. The van der Waals surface area contributed by atoms with Gasteiger partial charge >= 0.3 is 11.9 Å². The minimum atomic E-state index is -1.12. The first-order valence-electron chi connectivity index (χ1n) is 15.4. The lowest BCUT2D eigenvalue weighted by molar-refractivity contribution is -0.133. The van der Waals surface area contributed by atoms with E-state index in [-0.39, 0.29) is 11.1 Å². The van der Waals surface area contributed by atoms with Gasteiger partial charge in [0.2, 0.25) is 0 Å². The molecule has 3 heterocycles. The molecule has 6 rings (SSSR count). The van der Waals surface area contributed by atoms with Crippen molar-refractivity contribution in [2.45, 2.75) is 12.1 Å². The van der Waals surface area contributed by atoms with Crippen molar-refractivity contribution in [2.24, 2.45) is 0 Å². The zero-order valence-corrected chi connectivity index (χ0v) is 25.9. The summed E-state index contributed by atoms with van der Waals surface area (Å²) in [6.45, 7) is 3.96. The molecule has 0 saturated carbocycles. The number of benzene rings is 3. The van der Waals surface area contributed by atoms with Crippen LogP contribution in [0.3, 0.4) is 0 Å². The molecule has 2 unspecified atom stereocenters. The number of dihydropyridines is 2. The minimum Gasteiger partial charge on any atom is -0.478 e. The maximum absolute atomic E-state index is 11.9. The van der Waals surface area contributed by atoms with Gasteiger partial charge in [0, 0.05) is 34.7 Å². The van der Waals surface area contributed by atoms with E-state index in [9.17, 15) is 19.8 Å². The fourth-order valence-electron chi connectivity index (χ4n) is 5.55. The van der Waals surface area contributed by atoms with E-state index in [2.05, 4.69) is 63.8 Å². The van der Waals surface area contributed by atoms with Crippen molar-refractivity contribution in [3.05, 3.63) is 169 Å². The van der Waals surface area contributed by atoms with Crippen molar-refractivity contribution in [3.63, 3.8) is 0 Å². The smallest absolute Gasteiger partial charge is 0.335 e. The molecule has 0 spiro atoms. The molecule has 240 valence electrons. The lowest BCUT2D eigenvalue weighted by atomic mass is 9.98. The summed E-state index contributed by atoms with van der Waals surface area (Å²) >= 11 is 0. The summed E-state index contributed by atoms with van der Waals surface area (Å²) in [5.74, 6) is -0.373. The first kappa shape index (κ1) is 31.5. The molecular formula is C39H34N4O5. The fourth-order valence-corrected chi connectivity index (χ4v) is 5.55. The Balaban J connectivity index is 1.26. The van der Waals surface area contributed by atoms with Crippen LogP contribution in [0.25, 0.3) is 16.9 Å². The molecule has 48 heavy (non-hydrogen) atoms. The zero-order valence-electron chi connectivity index (χ0n) is 25.9. The minimum absolute atomic E-state index is 0.00559. The van der Waals surface area contributed by atoms with Crippen molar-refractivity contribution in [2.75, 3.05) is 11.4 Å². The average molecular weight is 639 g/mol. The van der Waals surface area contributed by atoms with Crippen LogP contribution in [0.4, 0.5) is 17.1 Å². The molecular weight excluding hydrogens is 604 g/mol. The highest BCUT2D eigenvalue weighted by molar-refractivity contribution is 5.90. The molecule has 0 bridgehead atoms. The lowest BCUT2D eigenvalue weighted by Crippen LogP contribution is -2.47. The number of carboxylic acids is 2. The van der Waals surface area contributed by atoms with E-state index in [4.69, 9.17) is 4.42 Å². The summed E-state index contributed by atoms with van der Waals surface area (Å²) in [4.78, 5) is 25.6. The summed E-state index contributed by atoms with van der Waals surface area (Å²) in [6, 6.07) is 31.4. The first-order chi connectivity index (χ1) is 23.4. The standard InChI is InChI=1S/C39H34N4O5/c1-2-26(38(44)45)23-34(42-37-25-29(39(46)47)20-22-41-37)33-24-28(19-21-40-33)36-18-17-35(48-36)27-13-15-32(16-14-27)43(30-9-5-3-6-10-30)31-11-7-4-8-12-31/h2-21,23-25,33-34,40-42H,1,22H2,(H,44,45)(H,46,47)/b26-23+. The van der Waals surface area contributed by atoms with Gasteiger partial charge in [-0.15, -0.1) is 0 Å². The monoisotopic (exact) mass is 638 g/mol. The van der Waals surface area contributed by atoms with Crippen LogP contribution in [0.2, 0.25) is 0 Å². The molecule has 5 N–H and O–H groups in total. The maximum Gasteiger partial charge on any atom is 0.335 e. The Hall–Kier alpha value is -6.48. The van der Waals surface area contributed by atoms with Crippen molar-refractivity contribution in [3.8, 4) is 11.3 Å². The molecule has 0 amide bonds. The number of nitrogens with zero attached hydrogens (tertiary/aromatic N) is 1. The number of hydrogen-bond acceptors (Lipinski definition) is 7. The van der Waals surface area contributed by atoms with E-state index in [1.165, 1.54) is 12.2 Å². The van der Waals surface area contributed by atoms with E-state index < -0.39 is 24.0 Å². The quantitative estimate of drug-likeness (QED) is 0.0832. The van der Waals surface area contributed by atoms with E-state index >= 15 is 0 Å². The highest BCUT2D eigenvalue weighted by Gasteiger charge is 2.24. The van der Waals surface area contributed by atoms with Crippen LogP contribution in [-0.4, -0.2) is 40.8 Å². The van der Waals surface area contributed by atoms with Crippen LogP contribution in [0.15, 0.2) is 168 Å². The third kappa shape index (κ3) is 7.16. The number of anilines is 3. The molecule has 3 aromatic carbocycles. The van der Waals surface area contributed by atoms with Gasteiger partial charge in [0.05, 0.1) is 23.2 Å². The summed E-state index contributed by atoms with van der Waals surface area (Å²) in [5.41, 5.74) is 4.97. The van der Waals surface area contributed by atoms with Crippen molar-refractivity contribution < 1.29 is 24.2 Å². The van der Waals surface area contributed by atoms with Crippen molar-refractivity contribution in [1.82, 2.24) is 16.0 Å². The van der Waals surface area contributed by atoms with E-state index in [1.807, 2.05) is 72.8 Å². The van der Waals surface area contributed by atoms with Gasteiger partial charge in [-0.25, -0.2) is 9.59 Å². The van der Waals surface area contributed by atoms with Crippen LogP contribution in [0.5, 0.6) is 0 Å². The number of carboxylic acid groups (broad SMARTS) is 2. The normalized spacial score (nSPS) is 16.3. The highest BCUT2D eigenvalue weighted by Crippen LogP contribution is 2.36. The molecule has 0 radical (unpaired) electrons. The van der Waals surface area contributed by atoms with Gasteiger partial charge in [-0.1, -0.05) is 55.1 Å². The predicted octanol–water partition coefficient (Wildman–Crippen LogP) is 6.90. The fraction of sp³-hybridized carbons (Fsp3) is 0.0769. The molecule has 2 aliphatic rings. The highest BCUT2D eigenvalue weighted by atomic mass is 16.4. The number of furan rings is 1. The summed E-state index contributed by atoms with van der Waals surface area (Å²) in [5, 5.41) is 28.8. The largest absolute Gasteiger partial charge is 0.478 e. The second-order valence-electron chi connectivity index (χ2n) is 11.1. The van der Waals surface area contributed by atoms with Crippen LogP contribution in [0, 0.1) is 0 Å². The Morgan fingerprint density at radius 2 is 1.54 bits per heavy atom. The summed E-state index contributed by atoms with van der Waals surface area (Å²) in [6.07, 6.45) is 11.5. The van der Waals surface area contributed by atoms with Gasteiger partial charge in [-0.3, -0.25) is 0 Å². The SMILES string of the molecule is C=C/C(=C\C(NC1=CC(C(=O)O)=CCN1)C1C=C(c2ccc(-c3ccc(N(c4ccccc4)c4ccccc4)cc3)o2)C=CN1)C(=O)O. The second-order valence-corrected chi connectivity index (χ2v) is 11.1. The Morgan fingerprint density at radius 1 is 0.896 bits per heavy atom. The van der Waals surface area contributed by atoms with Gasteiger partial charge < -0.3 is 35.5 Å². The average Bonchev–Trinajstić information content (AvgIpc) is 3.62. The van der Waals surface area contributed by atoms with E-state index in [1.54, 1.807) is 18.4 Å². The number of carbonyl (C=O) groups is 2. The molecule has 0 aliphatic carbocycles. The van der Waals surface area contributed by atoms with Crippen LogP contribution in [0.1, 0.15) is 5.76 Å². The summed E-state index contributed by atoms with van der Waals surface area (Å²) < 4.78 is 6.33. The number of rotatable bonds is 12. The predicted molar refractivity (Wildman–Crippen MR) is 188 cm³/mol. The topological polar surface area (TPSA) is 127 Å². The summed E-state index contributed by atoms with van der Waals surface area (Å²) in [7, 11) is 0. The molecule has 2 atom stereocenters. The Labute approximate surface area is 278 Å². The number of nitrogens with one attached hydrogen (secondary N) is 3. The lowest BCUT2D eigenvalue weighted by Gasteiger charge is -2.29. The van der Waals surface area contributed by atoms with E-state index in [0.717, 1.165) is 28.2 Å². The van der Waals surface area contributed by atoms with Gasteiger partial charge in [-0.2, -0.15) is 0 Å². The third-order valence-corrected chi connectivity index (χ3v) is 7.94. The Morgan fingerprint density at radius 3 is 2.17 bits per heavy atom. The zero-order chi connectivity index (χ0) is 33.5. The van der Waals surface area contributed by atoms with Crippen molar-refractivity contribution in [1.29, 1.82) is 0 Å². The maximum atomic E-state index is 11.9. The Bertz CT molecular complexity index is 1910. The van der Waals surface area contributed by atoms with Crippen LogP contribution >= 0.6 is 0 Å². The molecule has 0 saturated heterocycles. The molecule has 4 aromatic rings. The van der Waals surface area contributed by atoms with Crippen LogP contribution in [-0.2, 0) is 9.59 Å².